The molecule has 286 valence electrons. The molecule has 1 aromatic heterocycles. The van der Waals surface area contributed by atoms with Crippen LogP contribution in [0.5, 0.6) is 0 Å². The number of carbonyl (C=O) groups is 4. The number of nitrogens with zero attached hydrogens (tertiary/aromatic N) is 2. The summed E-state index contributed by atoms with van der Waals surface area (Å²) in [7, 11) is 0. The summed E-state index contributed by atoms with van der Waals surface area (Å²) in [4.78, 5) is 51.8. The molecular weight excluding hydrogens is 754 g/mol. The highest BCUT2D eigenvalue weighted by Crippen LogP contribution is 2.27. The van der Waals surface area contributed by atoms with Crippen molar-refractivity contribution in [2.24, 2.45) is 5.92 Å². The molecule has 0 fully saturated rings. The molecule has 2 N–H and O–H groups in total. The largest absolute Gasteiger partial charge is 0.460 e. The zero-order valence-electron chi connectivity index (χ0n) is 30.9. The van der Waals surface area contributed by atoms with Crippen molar-refractivity contribution in [2.75, 3.05) is 11.4 Å². The highest BCUT2D eigenvalue weighted by Gasteiger charge is 2.31. The molecule has 11 nitrogen and oxygen atoms in total. The van der Waals surface area contributed by atoms with Crippen LogP contribution in [0.3, 0.4) is 0 Å². The number of halogens is 4. The smallest absolute Gasteiger partial charge is 0.408 e. The molecule has 2 aromatic carbocycles. The molecule has 15 heteroatoms. The zero-order chi connectivity index (χ0) is 39.4. The fourth-order valence-electron chi connectivity index (χ4n) is 4.49. The lowest BCUT2D eigenvalue weighted by Gasteiger charge is -2.32. The Morgan fingerprint density at radius 2 is 1.48 bits per heavy atom. The monoisotopic (exact) mass is 800 g/mol. The lowest BCUT2D eigenvalue weighted by atomic mass is 10.0. The van der Waals surface area contributed by atoms with E-state index in [1.165, 1.54) is 11.1 Å². The number of hydrogen-bond donors (Lipinski definition) is 2. The summed E-state index contributed by atoms with van der Waals surface area (Å²) in [6, 6.07) is 12.4. The summed E-state index contributed by atoms with van der Waals surface area (Å²) >= 11 is 23.5. The number of anilines is 1. The van der Waals surface area contributed by atoms with E-state index in [1.807, 2.05) is 39.0 Å². The van der Waals surface area contributed by atoms with Crippen molar-refractivity contribution < 1.29 is 33.2 Å². The Hall–Kier alpha value is -3.51. The lowest BCUT2D eigenvalue weighted by Crippen LogP contribution is -2.55. The fraction of sp³-hybridized carbons (Fsp3) is 0.486. The Morgan fingerprint density at radius 3 is 1.98 bits per heavy atom. The second-order valence-corrected chi connectivity index (χ2v) is 16.1. The van der Waals surface area contributed by atoms with E-state index in [9.17, 15) is 19.2 Å². The maximum absolute atomic E-state index is 13.6. The predicted molar refractivity (Wildman–Crippen MR) is 206 cm³/mol. The van der Waals surface area contributed by atoms with Crippen LogP contribution < -0.4 is 15.5 Å². The summed E-state index contributed by atoms with van der Waals surface area (Å²) in [6.07, 6.45) is 0.522. The number of hydrogen-bond acceptors (Lipinski definition) is 8. The van der Waals surface area contributed by atoms with Crippen LogP contribution in [-0.4, -0.2) is 63.7 Å². The van der Waals surface area contributed by atoms with Gasteiger partial charge in [0, 0.05) is 46.4 Å². The normalized spacial score (nSPS) is 12.7. The molecule has 3 rings (SSSR count). The van der Waals surface area contributed by atoms with Gasteiger partial charge in [0.1, 0.15) is 17.2 Å². The lowest BCUT2D eigenvalue weighted by molar-refractivity contribution is -0.155. The van der Waals surface area contributed by atoms with Gasteiger partial charge < -0.3 is 29.5 Å². The number of alkyl carbamates (subject to hydrolysis) is 1. The van der Waals surface area contributed by atoms with Crippen molar-refractivity contribution in [3.05, 3.63) is 70.3 Å². The number of benzene rings is 2. The molecular formula is C37H48Cl4N4O7. The van der Waals surface area contributed by atoms with Crippen LogP contribution >= 0.6 is 46.4 Å². The quantitative estimate of drug-likeness (QED) is 0.137. The van der Waals surface area contributed by atoms with Gasteiger partial charge in [-0.15, -0.1) is 0 Å². The fourth-order valence-corrected chi connectivity index (χ4v) is 5.12. The van der Waals surface area contributed by atoms with Crippen molar-refractivity contribution in [3.8, 4) is 11.3 Å². The van der Waals surface area contributed by atoms with Crippen molar-refractivity contribution in [3.63, 3.8) is 0 Å². The van der Waals surface area contributed by atoms with Crippen LogP contribution in [0, 0.1) is 12.8 Å². The van der Waals surface area contributed by atoms with Gasteiger partial charge in [0.05, 0.1) is 6.20 Å². The van der Waals surface area contributed by atoms with Crippen LogP contribution in [0.25, 0.3) is 11.3 Å². The molecule has 0 saturated carbocycles. The highest BCUT2D eigenvalue weighted by atomic mass is 35.5. The molecule has 0 aliphatic rings. The Labute approximate surface area is 325 Å². The van der Waals surface area contributed by atoms with Gasteiger partial charge in [-0.3, -0.25) is 14.4 Å². The SMILES string of the molecule is CC(C)[C@@H](CN(C(=O)C(Cl)Cl)c1cccc(-c2ccno2)c1)NC(=O)[C@H](CCC(=O)OC(C)(C)C)NC(=O)OC(C)(C)C.Cc1c(Cl)cccc1Cl. The number of esters is 1. The van der Waals surface area contributed by atoms with Crippen LogP contribution in [-0.2, 0) is 23.9 Å². The maximum atomic E-state index is 13.6. The zero-order valence-corrected chi connectivity index (χ0v) is 33.9. The molecule has 0 radical (unpaired) electrons. The number of ether oxygens (including phenoxy) is 2. The first-order valence-corrected chi connectivity index (χ1v) is 18.2. The summed E-state index contributed by atoms with van der Waals surface area (Å²) in [6.45, 7) is 15.9. The highest BCUT2D eigenvalue weighted by molar-refractivity contribution is 6.54. The molecule has 52 heavy (non-hydrogen) atoms. The molecule has 2 atom stereocenters. The molecule has 0 saturated heterocycles. The second kappa shape index (κ2) is 20.1. The Bertz CT molecular complexity index is 1620. The first kappa shape index (κ1) is 44.7. The van der Waals surface area contributed by atoms with Gasteiger partial charge in [-0.05, 0) is 90.6 Å². The standard InChI is InChI=1S/C30H42Cl2N4O7.C7H6Cl2/c1-18(2)22(17-36(27(39)25(31)32)20-11-9-10-19(16-20)23-14-15-33-43-23)34-26(38)21(35-28(40)42-30(6,7)8)12-13-24(37)41-29(3,4)5;1-5-6(8)3-2-4-7(5)9/h9-11,14-16,18,21-22,25H,12-13,17H2,1-8H3,(H,34,38)(H,35,40);2-4H,1H3/t21-,22+;/m0./s1. The van der Waals surface area contributed by atoms with Gasteiger partial charge in [-0.1, -0.05) is 83.6 Å². The van der Waals surface area contributed by atoms with E-state index in [4.69, 9.17) is 60.4 Å². The average molecular weight is 803 g/mol. The van der Waals surface area contributed by atoms with Crippen LogP contribution in [0.4, 0.5) is 10.5 Å². The molecule has 0 spiro atoms. The van der Waals surface area contributed by atoms with E-state index < -0.39 is 52.0 Å². The first-order valence-electron chi connectivity index (χ1n) is 16.6. The minimum absolute atomic E-state index is 0.00324. The maximum Gasteiger partial charge on any atom is 0.408 e. The van der Waals surface area contributed by atoms with Gasteiger partial charge >= 0.3 is 12.1 Å². The van der Waals surface area contributed by atoms with E-state index in [-0.39, 0.29) is 25.3 Å². The Morgan fingerprint density at radius 1 is 0.885 bits per heavy atom. The van der Waals surface area contributed by atoms with Crippen molar-refractivity contribution in [1.82, 2.24) is 15.8 Å². The van der Waals surface area contributed by atoms with Crippen LogP contribution in [0.15, 0.2) is 59.3 Å². The molecule has 3 amide bonds. The summed E-state index contributed by atoms with van der Waals surface area (Å²) in [5.74, 6) is -1.35. The average Bonchev–Trinajstić information content (AvgIpc) is 3.57. The number of amides is 3. The molecule has 3 aromatic rings. The van der Waals surface area contributed by atoms with Gasteiger partial charge in [-0.25, -0.2) is 4.79 Å². The van der Waals surface area contributed by atoms with Crippen LogP contribution in [0.1, 0.15) is 73.8 Å². The minimum atomic E-state index is -1.37. The minimum Gasteiger partial charge on any atom is -0.460 e. The number of rotatable bonds is 12. The molecule has 0 unspecified atom stereocenters. The number of aromatic nitrogens is 1. The topological polar surface area (TPSA) is 140 Å². The molecule has 0 aliphatic carbocycles. The van der Waals surface area contributed by atoms with Gasteiger partial charge in [0.2, 0.25) is 5.91 Å². The molecule has 0 aliphatic heterocycles. The van der Waals surface area contributed by atoms with Crippen molar-refractivity contribution in [2.45, 2.75) is 103 Å². The number of alkyl halides is 2. The second-order valence-electron chi connectivity index (χ2n) is 14.2. The van der Waals surface area contributed by atoms with E-state index >= 15 is 0 Å². The summed E-state index contributed by atoms with van der Waals surface area (Å²) in [5, 5.41) is 10.7. The van der Waals surface area contributed by atoms with E-state index in [2.05, 4.69) is 15.8 Å². The molecule has 0 bridgehead atoms. The first-order chi connectivity index (χ1) is 24.1. The third-order valence-electron chi connectivity index (χ3n) is 7.11. The van der Waals surface area contributed by atoms with Crippen molar-refractivity contribution >= 4 is 76.0 Å². The number of carbonyl (C=O) groups excluding carboxylic acids is 4. The summed E-state index contributed by atoms with van der Waals surface area (Å²) in [5.41, 5.74) is 0.568. The van der Waals surface area contributed by atoms with Crippen molar-refractivity contribution in [1.29, 1.82) is 0 Å². The van der Waals surface area contributed by atoms with Gasteiger partial charge in [0.25, 0.3) is 5.91 Å². The van der Waals surface area contributed by atoms with Gasteiger partial charge in [0.15, 0.2) is 10.6 Å². The van der Waals surface area contributed by atoms with E-state index in [0.717, 1.165) is 15.6 Å². The third kappa shape index (κ3) is 15.6. The van der Waals surface area contributed by atoms with Crippen LogP contribution in [0.2, 0.25) is 10.0 Å². The van der Waals surface area contributed by atoms with Gasteiger partial charge in [-0.2, -0.15) is 0 Å². The Kier molecular flexibility index (Phi) is 17.2. The summed E-state index contributed by atoms with van der Waals surface area (Å²) < 4.78 is 16.0. The van der Waals surface area contributed by atoms with E-state index in [0.29, 0.717) is 17.0 Å². The number of nitrogens with one attached hydrogen (secondary N) is 2. The molecule has 1 heterocycles. The predicted octanol–water partition coefficient (Wildman–Crippen LogP) is 8.94. The third-order valence-corrected chi connectivity index (χ3v) is 8.30. The van der Waals surface area contributed by atoms with E-state index in [1.54, 1.807) is 71.9 Å². The Balaban J connectivity index is 0.000000901.